The fraction of sp³-hybridized carbons (Fsp3) is 0. The fourth-order valence-corrected chi connectivity index (χ4v) is 1.99. The van der Waals surface area contributed by atoms with E-state index in [2.05, 4.69) is 4.37 Å². The molecule has 0 aliphatic carbocycles. The molecule has 0 saturated heterocycles. The Balaban J connectivity index is 3.19. The Morgan fingerprint density at radius 1 is 1.50 bits per heavy atom. The van der Waals surface area contributed by atoms with E-state index in [4.69, 9.17) is 23.2 Å². The molecule has 5 heteroatoms. The van der Waals surface area contributed by atoms with Crippen molar-refractivity contribution < 1.29 is 0 Å². The predicted octanol–water partition coefficient (Wildman–Crippen LogP) is 1.24. The van der Waals surface area contributed by atoms with Gasteiger partial charge >= 0.3 is 79.3 Å². The number of nitrogens with zero attached hydrogens (tertiary/aromatic N) is 1. The Labute approximate surface area is 78.6 Å². The second-order valence-corrected chi connectivity index (χ2v) is 4.78. The van der Waals surface area contributed by atoms with E-state index in [-0.39, 0.29) is 0 Å². The first-order chi connectivity index (χ1) is 3.72. The number of aromatic nitrogens is 1. The summed E-state index contributed by atoms with van der Waals surface area (Å²) >= 11 is 13.5. The molecule has 1 aromatic heterocycles. The Hall–Kier alpha value is 1.21. The molecule has 0 unspecified atom stereocenters. The van der Waals surface area contributed by atoms with Crippen molar-refractivity contribution in [1.29, 1.82) is 0 Å². The molecule has 1 aromatic rings. The summed E-state index contributed by atoms with van der Waals surface area (Å²) in [6.07, 6.45) is 0. The summed E-state index contributed by atoms with van der Waals surface area (Å²) in [4.78, 5) is 0. The predicted molar refractivity (Wildman–Crippen MR) is 37.5 cm³/mol. The van der Waals surface area contributed by atoms with Crippen molar-refractivity contribution in [3.8, 4) is 0 Å². The van der Waals surface area contributed by atoms with E-state index in [0.717, 1.165) is 30.1 Å². The molecule has 0 bridgehead atoms. The number of halogens is 2. The summed E-state index contributed by atoms with van der Waals surface area (Å²) in [6.45, 7) is 0. The van der Waals surface area contributed by atoms with Crippen LogP contribution in [0.2, 0.25) is 10.2 Å². The van der Waals surface area contributed by atoms with E-state index >= 15 is 0 Å². The fourth-order valence-electron chi connectivity index (χ4n) is 0.334. The van der Waals surface area contributed by atoms with Gasteiger partial charge in [-0.3, -0.25) is 0 Å². The van der Waals surface area contributed by atoms with Crippen LogP contribution in [-0.4, -0.2) is 32.3 Å². The molecular formula is C3Cl2NNaS. The summed E-state index contributed by atoms with van der Waals surface area (Å²) in [5.74, 6) is 0. The summed E-state index contributed by atoms with van der Waals surface area (Å²) < 4.78 is 4.93. The Bertz CT molecular complexity index is 180. The van der Waals surface area contributed by atoms with Gasteiger partial charge in [-0.1, -0.05) is 0 Å². The van der Waals surface area contributed by atoms with Crippen LogP contribution in [0.4, 0.5) is 0 Å². The molecule has 0 amide bonds. The van der Waals surface area contributed by atoms with Crippen LogP contribution in [0.15, 0.2) is 0 Å². The normalized spacial score (nSPS) is 10.0. The Kier molecular flexibility index (Phi) is 2.62. The summed E-state index contributed by atoms with van der Waals surface area (Å²) in [7, 11) is 0. The molecule has 1 rings (SSSR count). The molecule has 0 aliphatic heterocycles. The number of rotatable bonds is 0. The van der Waals surface area contributed by atoms with E-state index in [1.807, 2.05) is 0 Å². The molecule has 1 nitrogen and oxygen atoms in total. The van der Waals surface area contributed by atoms with Gasteiger partial charge in [0.1, 0.15) is 0 Å². The van der Waals surface area contributed by atoms with Gasteiger partial charge in [0, 0.05) is 0 Å². The van der Waals surface area contributed by atoms with Crippen molar-refractivity contribution in [1.82, 2.24) is 4.37 Å². The van der Waals surface area contributed by atoms with Crippen molar-refractivity contribution in [2.75, 3.05) is 0 Å². The molecule has 0 radical (unpaired) electrons. The van der Waals surface area contributed by atoms with Crippen LogP contribution in [-0.2, 0) is 0 Å². The summed E-state index contributed by atoms with van der Waals surface area (Å²) in [5, 5.41) is 1.09. The molecule has 0 N–H and O–H groups in total. The third kappa shape index (κ3) is 1.38. The van der Waals surface area contributed by atoms with Crippen molar-refractivity contribution in [3.05, 3.63) is 10.2 Å². The van der Waals surface area contributed by atoms with Crippen molar-refractivity contribution in [2.45, 2.75) is 0 Å². The average Bonchev–Trinajstić information content (AvgIpc) is 1.98. The van der Waals surface area contributed by atoms with E-state index in [1.165, 1.54) is 11.5 Å². The first-order valence-electron chi connectivity index (χ1n) is 1.99. The maximum atomic E-state index is 5.64. The van der Waals surface area contributed by atoms with Gasteiger partial charge in [-0.05, 0) is 0 Å². The van der Waals surface area contributed by atoms with Crippen LogP contribution in [0.5, 0.6) is 0 Å². The molecule has 0 atom stereocenters. The first kappa shape index (κ1) is 7.32. The minimum atomic E-state index is 0.446. The zero-order chi connectivity index (χ0) is 6.15. The molecular weight excluding hydrogens is 176 g/mol. The zero-order valence-electron chi connectivity index (χ0n) is 4.11. The van der Waals surface area contributed by atoms with Gasteiger partial charge in [0.2, 0.25) is 0 Å². The molecule has 0 fully saturated rings. The number of hydrogen-bond donors (Lipinski definition) is 0. The molecule has 8 heavy (non-hydrogen) atoms. The summed E-state index contributed by atoms with van der Waals surface area (Å²) in [5.41, 5.74) is 0. The van der Waals surface area contributed by atoms with Gasteiger partial charge < -0.3 is 0 Å². The van der Waals surface area contributed by atoms with E-state index in [0.29, 0.717) is 10.2 Å². The molecule has 1 heterocycles. The van der Waals surface area contributed by atoms with Gasteiger partial charge in [0.15, 0.2) is 0 Å². The van der Waals surface area contributed by atoms with Crippen LogP contribution in [0, 0.1) is 0 Å². The van der Waals surface area contributed by atoms with E-state index in [9.17, 15) is 0 Å². The van der Waals surface area contributed by atoms with Crippen molar-refractivity contribution >= 4 is 64.8 Å². The van der Waals surface area contributed by atoms with Gasteiger partial charge in [-0.25, -0.2) is 0 Å². The van der Waals surface area contributed by atoms with E-state index < -0.39 is 0 Å². The van der Waals surface area contributed by atoms with Crippen LogP contribution in [0.3, 0.4) is 0 Å². The molecule has 0 saturated carbocycles. The third-order valence-electron chi connectivity index (χ3n) is 0.753. The van der Waals surface area contributed by atoms with E-state index in [1.54, 1.807) is 0 Å². The van der Waals surface area contributed by atoms with Crippen molar-refractivity contribution in [2.24, 2.45) is 0 Å². The van der Waals surface area contributed by atoms with Crippen LogP contribution >= 0.6 is 34.7 Å². The third-order valence-corrected chi connectivity index (χ3v) is 3.91. The monoisotopic (exact) mass is 175 g/mol. The Morgan fingerprint density at radius 3 is 2.25 bits per heavy atom. The average molecular weight is 176 g/mol. The Morgan fingerprint density at radius 2 is 2.12 bits per heavy atom. The van der Waals surface area contributed by atoms with Gasteiger partial charge in [-0.15, -0.1) is 0 Å². The number of hydrogen-bond acceptors (Lipinski definition) is 2. The maximum absolute atomic E-state index is 5.64. The SMILES string of the molecule is [Na][c]1snc(Cl)c1Cl. The molecule has 0 aromatic carbocycles. The van der Waals surface area contributed by atoms with Crippen LogP contribution in [0.1, 0.15) is 0 Å². The van der Waals surface area contributed by atoms with Crippen molar-refractivity contribution in [3.63, 3.8) is 0 Å². The van der Waals surface area contributed by atoms with Gasteiger partial charge in [0.25, 0.3) is 0 Å². The molecule has 0 aliphatic rings. The second kappa shape index (κ2) is 2.86. The van der Waals surface area contributed by atoms with Gasteiger partial charge in [0.05, 0.1) is 0 Å². The second-order valence-electron chi connectivity index (χ2n) is 1.34. The summed E-state index contributed by atoms with van der Waals surface area (Å²) in [6, 6.07) is 0. The topological polar surface area (TPSA) is 12.9 Å². The van der Waals surface area contributed by atoms with Gasteiger partial charge in [-0.2, -0.15) is 0 Å². The first-order valence-corrected chi connectivity index (χ1v) is 4.52. The minimum absolute atomic E-state index is 0.446. The van der Waals surface area contributed by atoms with Crippen LogP contribution < -0.4 is 2.13 Å². The molecule has 0 spiro atoms. The quantitative estimate of drug-likeness (QED) is 0.542. The van der Waals surface area contributed by atoms with Crippen LogP contribution in [0.25, 0.3) is 0 Å². The zero-order valence-corrected chi connectivity index (χ0v) is 8.44. The molecule has 38 valence electrons. The standard InChI is InChI=1S/C3Cl2NS.Na/c4-2-1-7-6-3(2)5;.